The molecule has 0 saturated heterocycles. The lowest BCUT2D eigenvalue weighted by Crippen LogP contribution is -2.33. The predicted octanol–water partition coefficient (Wildman–Crippen LogP) is 4.40. The molecule has 0 fully saturated rings. The van der Waals surface area contributed by atoms with E-state index in [9.17, 15) is 23.7 Å². The highest BCUT2D eigenvalue weighted by Gasteiger charge is 2.29. The molecule has 0 bridgehead atoms. The van der Waals surface area contributed by atoms with Crippen LogP contribution in [0.2, 0.25) is 0 Å². The highest BCUT2D eigenvalue weighted by atomic mass is 32.2. The Morgan fingerprint density at radius 3 is 2.53 bits per heavy atom. The van der Waals surface area contributed by atoms with Gasteiger partial charge in [-0.2, -0.15) is 0 Å². The number of hydrogen-bond donors (Lipinski definition) is 1. The van der Waals surface area contributed by atoms with Crippen molar-refractivity contribution in [1.82, 2.24) is 0 Å². The maximum Gasteiger partial charge on any atom is 0.341 e. The molecule has 9 nitrogen and oxygen atoms in total. The van der Waals surface area contributed by atoms with Crippen molar-refractivity contribution in [2.75, 3.05) is 10.9 Å². The Labute approximate surface area is 198 Å². The number of carbonyl (C=O) groups is 1. The SMILES string of the molecule is O=C(O)COc1cccc2c1CCCC2N(c1ccc(-c2cccc([N+](=O)[O-])c2)cc1)S(=O)[O-]. The molecule has 0 radical (unpaired) electrons. The Hall–Kier alpha value is -3.76. The van der Waals surface area contributed by atoms with E-state index in [-0.39, 0.29) is 5.69 Å². The zero-order valence-electron chi connectivity index (χ0n) is 18.0. The number of nitro groups is 1. The van der Waals surface area contributed by atoms with E-state index in [0.717, 1.165) is 16.7 Å². The van der Waals surface area contributed by atoms with Crippen LogP contribution in [0.3, 0.4) is 0 Å². The lowest BCUT2D eigenvalue weighted by Gasteiger charge is -2.38. The highest BCUT2D eigenvalue weighted by molar-refractivity contribution is 7.80. The number of benzene rings is 3. The minimum Gasteiger partial charge on any atom is -0.755 e. The molecule has 10 heteroatoms. The molecule has 3 aromatic rings. The van der Waals surface area contributed by atoms with Crippen LogP contribution < -0.4 is 9.04 Å². The van der Waals surface area contributed by atoms with Crippen LogP contribution in [0.4, 0.5) is 11.4 Å². The maximum absolute atomic E-state index is 12.3. The van der Waals surface area contributed by atoms with Gasteiger partial charge in [0.2, 0.25) is 0 Å². The van der Waals surface area contributed by atoms with Crippen molar-refractivity contribution in [3.05, 3.63) is 88.0 Å². The number of fused-ring (bicyclic) bond motifs is 1. The Kier molecular flexibility index (Phi) is 6.90. The maximum atomic E-state index is 12.3. The first kappa shape index (κ1) is 23.4. The van der Waals surface area contributed by atoms with Gasteiger partial charge in [0, 0.05) is 29.1 Å². The molecule has 1 N–H and O–H groups in total. The number of nitrogens with zero attached hydrogens (tertiary/aromatic N) is 2. The van der Waals surface area contributed by atoms with Gasteiger partial charge in [-0.05, 0) is 59.7 Å². The van der Waals surface area contributed by atoms with Gasteiger partial charge in [-0.3, -0.25) is 18.6 Å². The van der Waals surface area contributed by atoms with Crippen molar-refractivity contribution < 1.29 is 28.3 Å². The Bertz CT molecular complexity index is 1250. The minimum absolute atomic E-state index is 0.0244. The molecule has 0 aromatic heterocycles. The third kappa shape index (κ3) is 4.92. The van der Waals surface area contributed by atoms with Gasteiger partial charge >= 0.3 is 5.97 Å². The fourth-order valence-electron chi connectivity index (χ4n) is 4.28. The average molecular weight is 482 g/mol. The molecule has 2 atom stereocenters. The van der Waals surface area contributed by atoms with Crippen LogP contribution >= 0.6 is 0 Å². The van der Waals surface area contributed by atoms with E-state index in [1.807, 2.05) is 6.07 Å². The predicted molar refractivity (Wildman–Crippen MR) is 125 cm³/mol. The minimum atomic E-state index is -2.58. The molecule has 0 heterocycles. The molecule has 0 saturated carbocycles. The van der Waals surface area contributed by atoms with Crippen LogP contribution in [0.5, 0.6) is 5.75 Å². The largest absolute Gasteiger partial charge is 0.755 e. The second-order valence-electron chi connectivity index (χ2n) is 7.81. The number of carboxylic acid groups (broad SMARTS) is 1. The second kappa shape index (κ2) is 10.0. The average Bonchev–Trinajstić information content (AvgIpc) is 2.83. The van der Waals surface area contributed by atoms with E-state index in [2.05, 4.69) is 0 Å². The van der Waals surface area contributed by atoms with Crippen LogP contribution in [-0.2, 0) is 22.5 Å². The molecule has 176 valence electrons. The number of carboxylic acids is 1. The molecule has 2 unspecified atom stereocenters. The fraction of sp³-hybridized carbons (Fsp3) is 0.208. The van der Waals surface area contributed by atoms with Gasteiger partial charge in [-0.1, -0.05) is 36.4 Å². The van der Waals surface area contributed by atoms with Crippen LogP contribution in [0.1, 0.15) is 30.0 Å². The van der Waals surface area contributed by atoms with Crippen LogP contribution in [-0.4, -0.2) is 31.4 Å². The standard InChI is InChI=1S/C24H22N2O7S/c27-24(28)15-33-23-9-3-6-20-21(23)7-2-8-22(20)25(34(31)32)18-12-10-16(11-13-18)17-4-1-5-19(14-17)26(29)30/h1,3-6,9-14,22H,2,7-8,15H2,(H,27,28)(H,31,32)/p-1. The topological polar surface area (TPSA) is 133 Å². The van der Waals surface area contributed by atoms with E-state index in [0.29, 0.717) is 36.3 Å². The molecule has 1 aliphatic rings. The summed E-state index contributed by atoms with van der Waals surface area (Å²) < 4.78 is 31.4. The van der Waals surface area contributed by atoms with Crippen LogP contribution in [0, 0.1) is 10.1 Å². The molecule has 1 aliphatic carbocycles. The van der Waals surface area contributed by atoms with Gasteiger partial charge in [0.25, 0.3) is 5.69 Å². The molecule has 34 heavy (non-hydrogen) atoms. The Morgan fingerprint density at radius 2 is 1.85 bits per heavy atom. The number of anilines is 1. The summed E-state index contributed by atoms with van der Waals surface area (Å²) in [5.74, 6) is -0.640. The van der Waals surface area contributed by atoms with Crippen molar-refractivity contribution in [2.24, 2.45) is 0 Å². The first-order valence-electron chi connectivity index (χ1n) is 10.5. The number of non-ortho nitro benzene ring substituents is 1. The summed E-state index contributed by atoms with van der Waals surface area (Å²) >= 11 is -2.58. The van der Waals surface area contributed by atoms with E-state index >= 15 is 0 Å². The summed E-state index contributed by atoms with van der Waals surface area (Å²) in [7, 11) is 0. The monoisotopic (exact) mass is 481 g/mol. The van der Waals surface area contributed by atoms with Gasteiger partial charge in [0.05, 0.1) is 11.0 Å². The number of aliphatic carboxylic acids is 1. The molecule has 0 aliphatic heterocycles. The summed E-state index contributed by atoms with van der Waals surface area (Å²) in [6.07, 6.45) is 1.97. The second-order valence-corrected chi connectivity index (χ2v) is 8.64. The normalized spacial score (nSPS) is 15.7. The first-order valence-corrected chi connectivity index (χ1v) is 11.6. The van der Waals surface area contributed by atoms with Crippen molar-refractivity contribution in [3.63, 3.8) is 0 Å². The van der Waals surface area contributed by atoms with E-state index in [4.69, 9.17) is 9.84 Å². The summed E-state index contributed by atoms with van der Waals surface area (Å²) in [5.41, 5.74) is 3.39. The smallest absolute Gasteiger partial charge is 0.341 e. The molecule has 0 spiro atoms. The molecule has 3 aromatic carbocycles. The van der Waals surface area contributed by atoms with Gasteiger partial charge in [-0.25, -0.2) is 4.79 Å². The number of ether oxygens (including phenoxy) is 1. The number of nitro benzene ring substituents is 1. The van der Waals surface area contributed by atoms with E-state index in [1.54, 1.807) is 48.5 Å². The number of rotatable bonds is 8. The summed E-state index contributed by atoms with van der Waals surface area (Å²) in [6, 6.07) is 17.8. The molecule has 0 amide bonds. The van der Waals surface area contributed by atoms with Crippen molar-refractivity contribution >= 4 is 28.6 Å². The highest BCUT2D eigenvalue weighted by Crippen LogP contribution is 2.41. The summed E-state index contributed by atoms with van der Waals surface area (Å²) in [4.78, 5) is 21.5. The van der Waals surface area contributed by atoms with Crippen molar-refractivity contribution in [2.45, 2.75) is 25.3 Å². The molecular weight excluding hydrogens is 460 g/mol. The lowest BCUT2D eigenvalue weighted by molar-refractivity contribution is -0.384. The lowest BCUT2D eigenvalue weighted by atomic mass is 9.87. The Morgan fingerprint density at radius 1 is 1.12 bits per heavy atom. The third-order valence-corrected chi connectivity index (χ3v) is 6.53. The molecular formula is C24H21N2O7S-. The Balaban J connectivity index is 1.66. The molecule has 4 rings (SSSR count). The van der Waals surface area contributed by atoms with Crippen LogP contribution in [0.15, 0.2) is 66.7 Å². The van der Waals surface area contributed by atoms with Gasteiger partial charge in [0.15, 0.2) is 6.61 Å². The van der Waals surface area contributed by atoms with Crippen molar-refractivity contribution in [3.8, 4) is 16.9 Å². The quantitative estimate of drug-likeness (QED) is 0.286. The fourth-order valence-corrected chi connectivity index (χ4v) is 5.00. The van der Waals surface area contributed by atoms with Gasteiger partial charge in [0.1, 0.15) is 5.75 Å². The van der Waals surface area contributed by atoms with Gasteiger partial charge in [-0.15, -0.1) is 0 Å². The zero-order valence-corrected chi connectivity index (χ0v) is 18.8. The first-order chi connectivity index (χ1) is 16.3. The zero-order chi connectivity index (χ0) is 24.2. The summed E-state index contributed by atoms with van der Waals surface area (Å²) in [6.45, 7) is -0.475. The van der Waals surface area contributed by atoms with E-state index < -0.39 is 34.8 Å². The van der Waals surface area contributed by atoms with Gasteiger partial charge < -0.3 is 14.4 Å². The third-order valence-electron chi connectivity index (χ3n) is 5.74. The van der Waals surface area contributed by atoms with Crippen molar-refractivity contribution in [1.29, 1.82) is 0 Å². The number of hydrogen-bond acceptors (Lipinski definition) is 6. The van der Waals surface area contributed by atoms with Crippen LogP contribution in [0.25, 0.3) is 11.1 Å². The van der Waals surface area contributed by atoms with E-state index in [1.165, 1.54) is 16.4 Å². The summed E-state index contributed by atoms with van der Waals surface area (Å²) in [5, 5.41) is 20.0.